The number of aromatic nitrogens is 2. The third-order valence-corrected chi connectivity index (χ3v) is 4.21. The van der Waals surface area contributed by atoms with Crippen molar-refractivity contribution in [2.45, 2.75) is 6.42 Å². The fourth-order valence-corrected chi connectivity index (χ4v) is 2.93. The molecule has 1 aromatic heterocycles. The molecule has 0 bridgehead atoms. The summed E-state index contributed by atoms with van der Waals surface area (Å²) in [6, 6.07) is 12.7. The lowest BCUT2D eigenvalue weighted by molar-refractivity contribution is 0.159. The summed E-state index contributed by atoms with van der Waals surface area (Å²) in [5, 5.41) is 0. The van der Waals surface area contributed by atoms with Crippen LogP contribution in [0.1, 0.15) is 6.42 Å². The molecule has 4 rings (SSSR count). The van der Waals surface area contributed by atoms with Gasteiger partial charge >= 0.3 is 0 Å². The zero-order valence-corrected chi connectivity index (χ0v) is 13.5. The van der Waals surface area contributed by atoms with Crippen LogP contribution in [0.3, 0.4) is 0 Å². The Kier molecular flexibility index (Phi) is 4.15. The Balaban J connectivity index is 1.87. The average molecular weight is 338 g/mol. The third kappa shape index (κ3) is 3.10. The zero-order chi connectivity index (χ0) is 17.2. The molecule has 2 heterocycles. The molecule has 0 fully saturated rings. The number of ether oxygens (including phenoxy) is 1. The predicted octanol–water partition coefficient (Wildman–Crippen LogP) is 4.76. The van der Waals surface area contributed by atoms with Crippen molar-refractivity contribution in [3.63, 3.8) is 0 Å². The van der Waals surface area contributed by atoms with Crippen LogP contribution in [0.15, 0.2) is 60.8 Å². The van der Waals surface area contributed by atoms with Crippen LogP contribution in [0.2, 0.25) is 0 Å². The van der Waals surface area contributed by atoms with Crippen molar-refractivity contribution in [3.8, 4) is 22.6 Å². The molecule has 0 N–H and O–H groups in total. The molecule has 0 saturated heterocycles. The number of nitrogens with zero attached hydrogens (tertiary/aromatic N) is 2. The molecule has 0 saturated carbocycles. The summed E-state index contributed by atoms with van der Waals surface area (Å²) in [6.45, 7) is 1.14. The Morgan fingerprint density at radius 1 is 1.00 bits per heavy atom. The molecule has 0 spiro atoms. The quantitative estimate of drug-likeness (QED) is 0.689. The van der Waals surface area contributed by atoms with Crippen LogP contribution in [-0.4, -0.2) is 22.8 Å². The average Bonchev–Trinajstić information content (AvgIpc) is 3.08. The van der Waals surface area contributed by atoms with Crippen LogP contribution in [0.5, 0.6) is 0 Å². The molecule has 1 aliphatic rings. The highest BCUT2D eigenvalue weighted by Crippen LogP contribution is 2.30. The van der Waals surface area contributed by atoms with E-state index in [1.807, 2.05) is 16.8 Å². The summed E-state index contributed by atoms with van der Waals surface area (Å²) < 4.78 is 34.8. The van der Waals surface area contributed by atoms with E-state index in [-0.39, 0.29) is 11.6 Å². The van der Waals surface area contributed by atoms with Crippen LogP contribution >= 0.6 is 0 Å². The second-order valence-electron chi connectivity index (χ2n) is 5.83. The largest absolute Gasteiger partial charge is 0.377 e. The minimum absolute atomic E-state index is 0.301. The molecule has 25 heavy (non-hydrogen) atoms. The maximum Gasteiger partial charge on any atom is 0.147 e. The summed E-state index contributed by atoms with van der Waals surface area (Å²) >= 11 is 0. The summed E-state index contributed by atoms with van der Waals surface area (Å²) in [6.07, 6.45) is 4.57. The van der Waals surface area contributed by atoms with Gasteiger partial charge in [0.1, 0.15) is 17.5 Å². The first-order valence-corrected chi connectivity index (χ1v) is 8.10. The van der Waals surface area contributed by atoms with E-state index >= 15 is 0 Å². The molecule has 3 aromatic rings. The van der Waals surface area contributed by atoms with Crippen LogP contribution in [-0.2, 0) is 4.74 Å². The Morgan fingerprint density at radius 3 is 2.52 bits per heavy atom. The van der Waals surface area contributed by atoms with Gasteiger partial charge in [0.25, 0.3) is 0 Å². The van der Waals surface area contributed by atoms with Gasteiger partial charge in [0.05, 0.1) is 24.5 Å². The van der Waals surface area contributed by atoms with Crippen LogP contribution in [0.4, 0.5) is 8.78 Å². The lowest BCUT2D eigenvalue weighted by Crippen LogP contribution is -2.09. The van der Waals surface area contributed by atoms with Gasteiger partial charge in [-0.25, -0.2) is 13.8 Å². The van der Waals surface area contributed by atoms with Gasteiger partial charge in [-0.1, -0.05) is 12.1 Å². The van der Waals surface area contributed by atoms with Crippen molar-refractivity contribution in [2.75, 3.05) is 13.2 Å². The molecule has 1 aliphatic heterocycles. The van der Waals surface area contributed by atoms with E-state index < -0.39 is 0 Å². The minimum atomic E-state index is -0.326. The van der Waals surface area contributed by atoms with Gasteiger partial charge in [0.15, 0.2) is 0 Å². The summed E-state index contributed by atoms with van der Waals surface area (Å²) in [5.74, 6) is -0.0945. The first-order chi connectivity index (χ1) is 12.2. The van der Waals surface area contributed by atoms with E-state index in [1.165, 1.54) is 18.2 Å². The fourth-order valence-electron chi connectivity index (χ4n) is 2.93. The fraction of sp³-hybridized carbons (Fsp3) is 0.150. The molecule has 3 nitrogen and oxygen atoms in total. The predicted molar refractivity (Wildman–Crippen MR) is 92.7 cm³/mol. The van der Waals surface area contributed by atoms with E-state index in [0.717, 1.165) is 17.7 Å². The number of hydrogen-bond donors (Lipinski definition) is 0. The van der Waals surface area contributed by atoms with Crippen molar-refractivity contribution in [3.05, 3.63) is 72.4 Å². The normalized spacial score (nSPS) is 14.4. The van der Waals surface area contributed by atoms with E-state index in [2.05, 4.69) is 4.98 Å². The first kappa shape index (κ1) is 15.7. The maximum absolute atomic E-state index is 14.3. The third-order valence-electron chi connectivity index (χ3n) is 4.21. The van der Waals surface area contributed by atoms with E-state index in [9.17, 15) is 8.78 Å². The molecular formula is C20H16F2N2O. The van der Waals surface area contributed by atoms with Gasteiger partial charge < -0.3 is 9.30 Å². The number of imidazole rings is 1. The summed E-state index contributed by atoms with van der Waals surface area (Å²) in [5.41, 5.74) is 2.91. The Hall–Kier alpha value is -2.79. The molecule has 126 valence electrons. The van der Waals surface area contributed by atoms with Gasteiger partial charge in [-0.05, 0) is 42.5 Å². The number of halogens is 2. The molecule has 0 unspecified atom stereocenters. The van der Waals surface area contributed by atoms with Crippen molar-refractivity contribution in [1.29, 1.82) is 0 Å². The van der Waals surface area contributed by atoms with Crippen LogP contribution in [0.25, 0.3) is 28.3 Å². The highest BCUT2D eigenvalue weighted by Gasteiger charge is 2.18. The highest BCUT2D eigenvalue weighted by atomic mass is 19.1. The van der Waals surface area contributed by atoms with E-state index in [0.29, 0.717) is 30.3 Å². The minimum Gasteiger partial charge on any atom is -0.377 e. The van der Waals surface area contributed by atoms with Crippen LogP contribution in [0, 0.1) is 11.6 Å². The zero-order valence-electron chi connectivity index (χ0n) is 13.5. The van der Waals surface area contributed by atoms with E-state index in [1.54, 1.807) is 30.3 Å². The van der Waals surface area contributed by atoms with Gasteiger partial charge in [-0.3, -0.25) is 0 Å². The number of benzene rings is 2. The lowest BCUT2D eigenvalue weighted by atomic mass is 10.2. The van der Waals surface area contributed by atoms with Gasteiger partial charge in [-0.2, -0.15) is 0 Å². The second kappa shape index (κ2) is 6.61. The second-order valence-corrected chi connectivity index (χ2v) is 5.83. The molecule has 5 heteroatoms. The van der Waals surface area contributed by atoms with Crippen molar-refractivity contribution >= 4 is 5.70 Å². The molecule has 0 aliphatic carbocycles. The van der Waals surface area contributed by atoms with Crippen molar-refractivity contribution in [2.24, 2.45) is 0 Å². The Bertz CT molecular complexity index is 929. The van der Waals surface area contributed by atoms with Crippen molar-refractivity contribution in [1.82, 2.24) is 9.55 Å². The van der Waals surface area contributed by atoms with E-state index in [4.69, 9.17) is 4.74 Å². The molecule has 0 amide bonds. The number of hydrogen-bond acceptors (Lipinski definition) is 2. The standard InChI is InChI=1S/C20H16F2N2O/c21-15-7-5-14(6-8-15)19-13-24(16-9-11-25-12-10-16)20(23-19)17-3-1-2-4-18(17)22/h1-9,13H,10-12H2. The Morgan fingerprint density at radius 2 is 1.80 bits per heavy atom. The maximum atomic E-state index is 14.3. The Labute approximate surface area is 144 Å². The van der Waals surface area contributed by atoms with Crippen LogP contribution < -0.4 is 0 Å². The molecule has 0 radical (unpaired) electrons. The first-order valence-electron chi connectivity index (χ1n) is 8.10. The monoisotopic (exact) mass is 338 g/mol. The molecule has 2 aromatic carbocycles. The van der Waals surface area contributed by atoms with Crippen molar-refractivity contribution < 1.29 is 13.5 Å². The van der Waals surface area contributed by atoms with Gasteiger partial charge in [0.2, 0.25) is 0 Å². The molecular weight excluding hydrogens is 322 g/mol. The lowest BCUT2D eigenvalue weighted by Gasteiger charge is -2.16. The number of rotatable bonds is 3. The summed E-state index contributed by atoms with van der Waals surface area (Å²) in [4.78, 5) is 4.64. The summed E-state index contributed by atoms with van der Waals surface area (Å²) in [7, 11) is 0. The topological polar surface area (TPSA) is 27.1 Å². The smallest absolute Gasteiger partial charge is 0.147 e. The highest BCUT2D eigenvalue weighted by molar-refractivity contribution is 5.70. The van der Waals surface area contributed by atoms with Gasteiger partial charge in [-0.15, -0.1) is 0 Å². The SMILES string of the molecule is Fc1ccc(-c2cn(C3=CCOCC3)c(-c3ccccc3F)n2)cc1. The van der Waals surface area contributed by atoms with Gasteiger partial charge in [0, 0.05) is 23.9 Å². The molecule has 0 atom stereocenters.